The maximum absolute atomic E-state index is 6.05. The molecule has 2 rings (SSSR count). The summed E-state index contributed by atoms with van der Waals surface area (Å²) in [6, 6.07) is 10.2. The summed E-state index contributed by atoms with van der Waals surface area (Å²) in [5.74, 6) is 1.29. The van der Waals surface area contributed by atoms with Crippen molar-refractivity contribution in [2.24, 2.45) is 5.92 Å². The predicted molar refractivity (Wildman–Crippen MR) is 84.7 cm³/mol. The summed E-state index contributed by atoms with van der Waals surface area (Å²) in [5, 5.41) is 1.16. The molecule has 0 amide bonds. The van der Waals surface area contributed by atoms with Gasteiger partial charge in [-0.2, -0.15) is 4.37 Å². The number of nitrogen functional groups attached to an aromatic ring is 1. The van der Waals surface area contributed by atoms with E-state index in [1.807, 2.05) is 18.2 Å². The van der Waals surface area contributed by atoms with E-state index in [1.54, 1.807) is 0 Å². The van der Waals surface area contributed by atoms with Crippen molar-refractivity contribution in [3.63, 3.8) is 0 Å². The van der Waals surface area contributed by atoms with Crippen LogP contribution in [0.15, 0.2) is 30.3 Å². The fraction of sp³-hybridized carbons (Fsp3) is 0.400. The molecule has 1 unspecified atom stereocenters. The molecule has 1 aromatic heterocycles. The smallest absolute Gasteiger partial charge is 0.147 e. The molecule has 0 saturated carbocycles. The molecule has 4 heteroatoms. The van der Waals surface area contributed by atoms with Crippen molar-refractivity contribution in [3.05, 3.63) is 30.3 Å². The lowest BCUT2D eigenvalue weighted by Crippen LogP contribution is -2.23. The molecule has 1 atom stereocenters. The summed E-state index contributed by atoms with van der Waals surface area (Å²) >= 11 is 1.48. The van der Waals surface area contributed by atoms with Crippen LogP contribution in [0.2, 0.25) is 0 Å². The lowest BCUT2D eigenvalue weighted by molar-refractivity contribution is 0.561. The Morgan fingerprint density at radius 3 is 2.63 bits per heavy atom. The molecule has 0 spiro atoms. The number of nitrogens with zero attached hydrogens (tertiary/aromatic N) is 2. The minimum atomic E-state index is 0.627. The monoisotopic (exact) mass is 275 g/mol. The van der Waals surface area contributed by atoms with Gasteiger partial charge in [0.05, 0.1) is 5.56 Å². The van der Waals surface area contributed by atoms with Crippen LogP contribution in [0.4, 0.5) is 10.8 Å². The number of hydrogen-bond donors (Lipinski definition) is 1. The molecule has 102 valence electrons. The van der Waals surface area contributed by atoms with E-state index in [0.717, 1.165) is 22.7 Å². The first kappa shape index (κ1) is 13.9. The van der Waals surface area contributed by atoms with Crippen LogP contribution in [0.3, 0.4) is 0 Å². The number of aromatic nitrogens is 1. The zero-order valence-electron chi connectivity index (χ0n) is 11.8. The van der Waals surface area contributed by atoms with Gasteiger partial charge in [-0.15, -0.1) is 0 Å². The summed E-state index contributed by atoms with van der Waals surface area (Å²) in [4.78, 5) is 2.27. The van der Waals surface area contributed by atoms with E-state index in [1.165, 1.54) is 18.0 Å². The Hall–Kier alpha value is -1.55. The first-order valence-electron chi connectivity index (χ1n) is 6.65. The van der Waals surface area contributed by atoms with Crippen LogP contribution in [0, 0.1) is 5.92 Å². The summed E-state index contributed by atoms with van der Waals surface area (Å²) < 4.78 is 4.32. The third-order valence-electron chi connectivity index (χ3n) is 3.39. The third-order valence-corrected chi connectivity index (χ3v) is 4.37. The number of rotatable bonds is 5. The van der Waals surface area contributed by atoms with Crippen molar-refractivity contribution in [3.8, 4) is 11.1 Å². The van der Waals surface area contributed by atoms with E-state index in [2.05, 4.69) is 42.3 Å². The third kappa shape index (κ3) is 3.07. The second kappa shape index (κ2) is 6.06. The average Bonchev–Trinajstić information content (AvgIpc) is 2.81. The van der Waals surface area contributed by atoms with E-state index in [9.17, 15) is 0 Å². The maximum atomic E-state index is 6.05. The van der Waals surface area contributed by atoms with Crippen LogP contribution in [0.5, 0.6) is 0 Å². The fourth-order valence-electron chi connectivity index (χ4n) is 2.11. The van der Waals surface area contributed by atoms with Gasteiger partial charge in [-0.25, -0.2) is 0 Å². The molecular formula is C15H21N3S. The molecule has 0 bridgehead atoms. The van der Waals surface area contributed by atoms with Crippen molar-refractivity contribution in [1.29, 1.82) is 0 Å². The van der Waals surface area contributed by atoms with Gasteiger partial charge in [0.1, 0.15) is 10.8 Å². The van der Waals surface area contributed by atoms with Crippen LogP contribution in [0.1, 0.15) is 20.3 Å². The van der Waals surface area contributed by atoms with Crippen LogP contribution in [-0.2, 0) is 0 Å². The van der Waals surface area contributed by atoms with Crippen molar-refractivity contribution in [2.45, 2.75) is 20.3 Å². The van der Waals surface area contributed by atoms with E-state index in [0.29, 0.717) is 11.7 Å². The molecular weight excluding hydrogens is 254 g/mol. The second-order valence-corrected chi connectivity index (χ2v) is 5.76. The number of anilines is 2. The topological polar surface area (TPSA) is 42.2 Å². The first-order valence-corrected chi connectivity index (χ1v) is 7.42. The largest absolute Gasteiger partial charge is 0.382 e. The SMILES string of the molecule is CCC(C)CN(C)c1snc(N)c1-c1ccccc1. The van der Waals surface area contributed by atoms with Crippen LogP contribution < -0.4 is 10.6 Å². The normalized spacial score (nSPS) is 12.4. The zero-order valence-corrected chi connectivity index (χ0v) is 12.6. The molecule has 2 aromatic rings. The molecule has 19 heavy (non-hydrogen) atoms. The molecule has 2 N–H and O–H groups in total. The van der Waals surface area contributed by atoms with Crippen molar-refractivity contribution < 1.29 is 0 Å². The minimum absolute atomic E-state index is 0.627. The Kier molecular flexibility index (Phi) is 4.43. The van der Waals surface area contributed by atoms with Gasteiger partial charge < -0.3 is 10.6 Å². The maximum Gasteiger partial charge on any atom is 0.147 e. The lowest BCUT2D eigenvalue weighted by atomic mass is 10.1. The Balaban J connectivity index is 2.33. The number of benzene rings is 1. The molecule has 1 aromatic carbocycles. The molecule has 1 heterocycles. The van der Waals surface area contributed by atoms with E-state index < -0.39 is 0 Å². The lowest BCUT2D eigenvalue weighted by Gasteiger charge is -2.22. The summed E-state index contributed by atoms with van der Waals surface area (Å²) in [6.07, 6.45) is 1.18. The Labute approximate surface area is 119 Å². The highest BCUT2D eigenvalue weighted by atomic mass is 32.1. The summed E-state index contributed by atoms with van der Waals surface area (Å²) in [6.45, 7) is 5.51. The molecule has 0 fully saturated rings. The van der Waals surface area contributed by atoms with Gasteiger partial charge >= 0.3 is 0 Å². The zero-order chi connectivity index (χ0) is 13.8. The second-order valence-electron chi connectivity index (χ2n) is 5.01. The number of nitrogens with two attached hydrogens (primary N) is 1. The van der Waals surface area contributed by atoms with Gasteiger partial charge in [0.15, 0.2) is 0 Å². The highest BCUT2D eigenvalue weighted by Crippen LogP contribution is 2.38. The van der Waals surface area contributed by atoms with Crippen molar-refractivity contribution in [2.75, 3.05) is 24.2 Å². The Morgan fingerprint density at radius 1 is 1.32 bits per heavy atom. The summed E-state index contributed by atoms with van der Waals surface area (Å²) in [7, 11) is 2.12. The number of hydrogen-bond acceptors (Lipinski definition) is 4. The van der Waals surface area contributed by atoms with Gasteiger partial charge in [0.25, 0.3) is 0 Å². The molecule has 0 aliphatic rings. The van der Waals surface area contributed by atoms with Crippen LogP contribution in [0.25, 0.3) is 11.1 Å². The van der Waals surface area contributed by atoms with Gasteiger partial charge in [-0.1, -0.05) is 50.6 Å². The van der Waals surface area contributed by atoms with E-state index >= 15 is 0 Å². The predicted octanol–water partition coefficient (Wildman–Crippen LogP) is 3.87. The minimum Gasteiger partial charge on any atom is -0.382 e. The highest BCUT2D eigenvalue weighted by Gasteiger charge is 2.17. The highest BCUT2D eigenvalue weighted by molar-refractivity contribution is 7.11. The summed E-state index contributed by atoms with van der Waals surface area (Å²) in [5.41, 5.74) is 8.25. The Bertz CT molecular complexity index is 521. The van der Waals surface area contributed by atoms with Gasteiger partial charge in [0, 0.05) is 13.6 Å². The standard InChI is InChI=1S/C15H21N3S/c1-4-11(2)10-18(3)15-13(14(16)17-19-15)12-8-6-5-7-9-12/h5-9,11H,4,10H2,1-3H3,(H2,16,17). The van der Waals surface area contributed by atoms with Crippen molar-refractivity contribution >= 4 is 22.4 Å². The molecule has 0 aliphatic carbocycles. The van der Waals surface area contributed by atoms with Gasteiger partial charge in [0.2, 0.25) is 0 Å². The quantitative estimate of drug-likeness (QED) is 0.900. The fourth-order valence-corrected chi connectivity index (χ4v) is 2.91. The van der Waals surface area contributed by atoms with Gasteiger partial charge in [-0.05, 0) is 23.0 Å². The molecule has 0 saturated heterocycles. The Morgan fingerprint density at radius 2 is 2.00 bits per heavy atom. The van der Waals surface area contributed by atoms with E-state index in [-0.39, 0.29) is 0 Å². The molecule has 0 radical (unpaired) electrons. The van der Waals surface area contributed by atoms with Crippen molar-refractivity contribution in [1.82, 2.24) is 4.37 Å². The average molecular weight is 275 g/mol. The molecule has 3 nitrogen and oxygen atoms in total. The van der Waals surface area contributed by atoms with Crippen LogP contribution in [-0.4, -0.2) is 18.0 Å². The van der Waals surface area contributed by atoms with Crippen LogP contribution >= 0.6 is 11.5 Å². The first-order chi connectivity index (χ1) is 9.13. The van der Waals surface area contributed by atoms with E-state index in [4.69, 9.17) is 5.73 Å². The molecule has 0 aliphatic heterocycles. The van der Waals surface area contributed by atoms with Gasteiger partial charge in [-0.3, -0.25) is 0 Å².